The van der Waals surface area contributed by atoms with Crippen LogP contribution in [0.2, 0.25) is 0 Å². The maximum Gasteiger partial charge on any atom is 0.325 e. The van der Waals surface area contributed by atoms with Gasteiger partial charge in [0.25, 0.3) is 5.91 Å². The van der Waals surface area contributed by atoms with Crippen LogP contribution in [0.4, 0.5) is 4.79 Å². The van der Waals surface area contributed by atoms with E-state index in [2.05, 4.69) is 37.0 Å². The smallest absolute Gasteiger partial charge is 0.325 e. The Balaban J connectivity index is 1.50. The maximum absolute atomic E-state index is 12.5. The number of guanidine groups is 1. The van der Waals surface area contributed by atoms with Crippen molar-refractivity contribution >= 4 is 17.9 Å². The zero-order valence-corrected chi connectivity index (χ0v) is 17.9. The van der Waals surface area contributed by atoms with Crippen LogP contribution in [0.5, 0.6) is 0 Å². The normalized spacial score (nSPS) is 28.1. The van der Waals surface area contributed by atoms with E-state index in [0.29, 0.717) is 37.9 Å². The monoisotopic (exact) mass is 403 g/mol. The van der Waals surface area contributed by atoms with E-state index in [9.17, 15) is 9.59 Å². The van der Waals surface area contributed by atoms with Crippen LogP contribution >= 0.6 is 0 Å². The topological polar surface area (TPSA) is 94.9 Å². The number of imide groups is 1. The molecule has 29 heavy (non-hydrogen) atoms. The third-order valence-electron chi connectivity index (χ3n) is 6.23. The largest absolute Gasteiger partial charge is 0.356 e. The molecule has 2 fully saturated rings. The summed E-state index contributed by atoms with van der Waals surface area (Å²) in [4.78, 5) is 36.8. The lowest BCUT2D eigenvalue weighted by Crippen LogP contribution is -2.49. The molecule has 0 aliphatic carbocycles. The summed E-state index contributed by atoms with van der Waals surface area (Å²) in [6.07, 6.45) is 8.06. The summed E-state index contributed by atoms with van der Waals surface area (Å²) in [5, 5.41) is 6.18. The van der Waals surface area contributed by atoms with Crippen LogP contribution < -0.4 is 10.6 Å². The number of imidazole rings is 1. The van der Waals surface area contributed by atoms with Crippen LogP contribution in [0, 0.1) is 5.92 Å². The molecular weight excluding hydrogens is 370 g/mol. The Bertz CT molecular complexity index is 748. The van der Waals surface area contributed by atoms with Crippen LogP contribution in [0.15, 0.2) is 23.7 Å². The van der Waals surface area contributed by atoms with Crippen molar-refractivity contribution in [2.24, 2.45) is 10.9 Å². The van der Waals surface area contributed by atoms with Crippen molar-refractivity contribution in [1.82, 2.24) is 30.0 Å². The molecule has 3 atom stereocenters. The van der Waals surface area contributed by atoms with Crippen LogP contribution in [0.25, 0.3) is 0 Å². The molecule has 0 saturated carbocycles. The number of rotatable bonds is 6. The van der Waals surface area contributed by atoms with Gasteiger partial charge in [-0.15, -0.1) is 0 Å². The SMILES string of the molecule is CCC1(C)NC(=O)N(CCCNC(=NC)N2CCC(C)C(n3ccnc3)C2)C1=O. The number of hydrogen-bond acceptors (Lipinski definition) is 4. The predicted molar refractivity (Wildman–Crippen MR) is 112 cm³/mol. The van der Waals surface area contributed by atoms with Crippen LogP contribution in [-0.2, 0) is 4.79 Å². The molecule has 2 saturated heterocycles. The fraction of sp³-hybridized carbons (Fsp3) is 0.700. The first-order chi connectivity index (χ1) is 13.9. The second-order valence-electron chi connectivity index (χ2n) is 8.19. The molecule has 1 aromatic heterocycles. The van der Waals surface area contributed by atoms with E-state index in [0.717, 1.165) is 25.5 Å². The summed E-state index contributed by atoms with van der Waals surface area (Å²) >= 11 is 0. The third-order valence-corrected chi connectivity index (χ3v) is 6.23. The zero-order valence-electron chi connectivity index (χ0n) is 17.9. The Labute approximate surface area is 172 Å². The summed E-state index contributed by atoms with van der Waals surface area (Å²) in [7, 11) is 1.79. The first-order valence-corrected chi connectivity index (χ1v) is 10.5. The highest BCUT2D eigenvalue weighted by Crippen LogP contribution is 2.27. The number of carbonyl (C=O) groups is 2. The standard InChI is InChI=1S/C20H33N7O2/c1-5-20(3)17(28)27(19(29)24-20)10-6-8-23-18(21-4)25-11-7-15(2)16(13-25)26-12-9-22-14-26/h9,12,14-16H,5-8,10-11,13H2,1-4H3,(H,21,23)(H,24,29). The highest BCUT2D eigenvalue weighted by Gasteiger charge is 2.45. The maximum atomic E-state index is 12.5. The van der Waals surface area contributed by atoms with Gasteiger partial charge >= 0.3 is 6.03 Å². The van der Waals surface area contributed by atoms with Crippen molar-refractivity contribution in [3.8, 4) is 0 Å². The van der Waals surface area contributed by atoms with Gasteiger partial charge in [0.15, 0.2) is 5.96 Å². The second-order valence-corrected chi connectivity index (χ2v) is 8.19. The Morgan fingerprint density at radius 2 is 2.24 bits per heavy atom. The number of aromatic nitrogens is 2. The first-order valence-electron chi connectivity index (χ1n) is 10.5. The summed E-state index contributed by atoms with van der Waals surface area (Å²) in [6.45, 7) is 8.84. The Morgan fingerprint density at radius 3 is 2.86 bits per heavy atom. The molecule has 0 bridgehead atoms. The Kier molecular flexibility index (Phi) is 6.44. The van der Waals surface area contributed by atoms with Gasteiger partial charge in [0.1, 0.15) is 5.54 Å². The highest BCUT2D eigenvalue weighted by atomic mass is 16.2. The number of hydrogen-bond donors (Lipinski definition) is 2. The number of aliphatic imine (C=N–C) groups is 1. The summed E-state index contributed by atoms with van der Waals surface area (Å²) in [5.41, 5.74) is -0.770. The quantitative estimate of drug-likeness (QED) is 0.324. The predicted octanol–water partition coefficient (Wildman–Crippen LogP) is 1.45. The molecule has 160 valence electrons. The average molecular weight is 404 g/mol. The number of nitrogens with zero attached hydrogens (tertiary/aromatic N) is 5. The molecule has 2 N–H and O–H groups in total. The minimum Gasteiger partial charge on any atom is -0.356 e. The molecule has 9 heteroatoms. The summed E-state index contributed by atoms with van der Waals surface area (Å²) < 4.78 is 2.17. The van der Waals surface area contributed by atoms with Gasteiger partial charge in [-0.3, -0.25) is 14.7 Å². The number of likely N-dealkylation sites (tertiary alicyclic amines) is 1. The molecule has 1 aromatic rings. The second kappa shape index (κ2) is 8.84. The van der Waals surface area contributed by atoms with E-state index in [-0.39, 0.29) is 11.9 Å². The molecule has 9 nitrogen and oxygen atoms in total. The van der Waals surface area contributed by atoms with Crippen molar-refractivity contribution in [1.29, 1.82) is 0 Å². The Morgan fingerprint density at radius 1 is 1.45 bits per heavy atom. The van der Waals surface area contributed by atoms with E-state index in [1.54, 1.807) is 14.0 Å². The molecule has 0 spiro atoms. The van der Waals surface area contributed by atoms with Gasteiger partial charge in [0.05, 0.1) is 12.4 Å². The van der Waals surface area contributed by atoms with Gasteiger partial charge in [0.2, 0.25) is 0 Å². The van der Waals surface area contributed by atoms with E-state index in [1.165, 1.54) is 4.90 Å². The fourth-order valence-corrected chi connectivity index (χ4v) is 4.05. The van der Waals surface area contributed by atoms with Crippen molar-refractivity contribution in [3.63, 3.8) is 0 Å². The molecule has 2 aliphatic heterocycles. The van der Waals surface area contributed by atoms with Crippen molar-refractivity contribution in [3.05, 3.63) is 18.7 Å². The van der Waals surface area contributed by atoms with Crippen LogP contribution in [-0.4, -0.2) is 76.0 Å². The van der Waals surface area contributed by atoms with Gasteiger partial charge in [0, 0.05) is 45.6 Å². The lowest BCUT2D eigenvalue weighted by molar-refractivity contribution is -0.130. The molecule has 3 rings (SSSR count). The number of amides is 3. The highest BCUT2D eigenvalue weighted by molar-refractivity contribution is 6.06. The average Bonchev–Trinajstić information content (AvgIpc) is 3.31. The van der Waals surface area contributed by atoms with Gasteiger partial charge in [-0.2, -0.15) is 0 Å². The lowest BCUT2D eigenvalue weighted by Gasteiger charge is -2.39. The lowest BCUT2D eigenvalue weighted by atomic mass is 9.93. The van der Waals surface area contributed by atoms with Gasteiger partial charge < -0.3 is 20.1 Å². The molecule has 3 amide bonds. The molecule has 3 unspecified atom stereocenters. The Hall–Kier alpha value is -2.58. The van der Waals surface area contributed by atoms with E-state index >= 15 is 0 Å². The van der Waals surface area contributed by atoms with Gasteiger partial charge in [-0.05, 0) is 32.1 Å². The van der Waals surface area contributed by atoms with Gasteiger partial charge in [-0.1, -0.05) is 13.8 Å². The van der Waals surface area contributed by atoms with Crippen LogP contribution in [0.1, 0.15) is 46.1 Å². The van der Waals surface area contributed by atoms with Crippen LogP contribution in [0.3, 0.4) is 0 Å². The minimum absolute atomic E-state index is 0.137. The van der Waals surface area contributed by atoms with Crippen molar-refractivity contribution < 1.29 is 9.59 Å². The summed E-state index contributed by atoms with van der Waals surface area (Å²) in [6, 6.07) is 0.0689. The molecule has 0 radical (unpaired) electrons. The van der Waals surface area contributed by atoms with E-state index in [4.69, 9.17) is 0 Å². The van der Waals surface area contributed by atoms with E-state index < -0.39 is 5.54 Å². The van der Waals surface area contributed by atoms with E-state index in [1.807, 2.05) is 25.6 Å². The number of urea groups is 1. The number of piperidine rings is 1. The third kappa shape index (κ3) is 4.38. The molecule has 0 aromatic carbocycles. The first kappa shape index (κ1) is 21.1. The zero-order chi connectivity index (χ0) is 21.0. The number of carbonyl (C=O) groups excluding carboxylic acids is 2. The fourth-order valence-electron chi connectivity index (χ4n) is 4.05. The molecule has 3 heterocycles. The van der Waals surface area contributed by atoms with Gasteiger partial charge in [-0.25, -0.2) is 9.78 Å². The molecule has 2 aliphatic rings. The minimum atomic E-state index is -0.770. The van der Waals surface area contributed by atoms with Crippen molar-refractivity contribution in [2.75, 3.05) is 33.2 Å². The number of nitrogens with one attached hydrogen (secondary N) is 2. The molecular formula is C20H33N7O2. The van der Waals surface area contributed by atoms with Crippen molar-refractivity contribution in [2.45, 2.75) is 51.6 Å². The summed E-state index contributed by atoms with van der Waals surface area (Å²) in [5.74, 6) is 1.30.